The summed E-state index contributed by atoms with van der Waals surface area (Å²) in [6.45, 7) is 0. The molecule has 1 aliphatic carbocycles. The molecule has 17 heavy (non-hydrogen) atoms. The first-order chi connectivity index (χ1) is 8.13. The van der Waals surface area contributed by atoms with Gasteiger partial charge in [0.15, 0.2) is 5.84 Å². The van der Waals surface area contributed by atoms with E-state index in [-0.39, 0.29) is 5.84 Å². The van der Waals surface area contributed by atoms with E-state index in [0.29, 0.717) is 6.04 Å². The van der Waals surface area contributed by atoms with Crippen LogP contribution < -0.4 is 10.6 Å². The Morgan fingerprint density at radius 3 is 2.76 bits per heavy atom. The second-order valence-corrected chi connectivity index (χ2v) is 5.26. The lowest BCUT2D eigenvalue weighted by Gasteiger charge is -2.37. The molecule has 0 spiro atoms. The van der Waals surface area contributed by atoms with E-state index in [1.54, 1.807) is 0 Å². The normalized spacial score (nSPS) is 16.7. The third-order valence-corrected chi connectivity index (χ3v) is 3.84. The summed E-state index contributed by atoms with van der Waals surface area (Å²) in [5.74, 6) is 0.146. The van der Waals surface area contributed by atoms with Crippen molar-refractivity contribution in [2.45, 2.75) is 25.3 Å². The fraction of sp³-hybridized carbons (Fsp3) is 0.417. The van der Waals surface area contributed by atoms with E-state index in [4.69, 9.17) is 10.9 Å². The molecule has 1 fully saturated rings. The largest absolute Gasteiger partial charge is 0.409 e. The molecule has 0 bridgehead atoms. The molecule has 0 aliphatic heterocycles. The molecular formula is C12H16BrN3O. The Kier molecular flexibility index (Phi) is 3.57. The van der Waals surface area contributed by atoms with Crippen LogP contribution in [0.2, 0.25) is 0 Å². The van der Waals surface area contributed by atoms with Gasteiger partial charge in [-0.05, 0) is 37.5 Å². The molecule has 1 aromatic rings. The zero-order chi connectivity index (χ0) is 12.4. The van der Waals surface area contributed by atoms with Crippen molar-refractivity contribution in [2.24, 2.45) is 10.9 Å². The second kappa shape index (κ2) is 4.96. The average Bonchev–Trinajstić information content (AvgIpc) is 2.25. The van der Waals surface area contributed by atoms with Crippen LogP contribution in [0.3, 0.4) is 0 Å². The maximum Gasteiger partial charge on any atom is 0.172 e. The molecule has 92 valence electrons. The number of nitrogens with zero attached hydrogens (tertiary/aromatic N) is 2. The Labute approximate surface area is 109 Å². The fourth-order valence-corrected chi connectivity index (χ4v) is 2.41. The van der Waals surface area contributed by atoms with Crippen LogP contribution in [0.15, 0.2) is 27.8 Å². The standard InChI is InChI=1S/C12H16BrN3O/c1-16(9-3-2-4-9)11-6-5-8(13)7-10(11)12(14)15-17/h5-7,9,17H,2-4H2,1H3,(H2,14,15). The molecule has 3 N–H and O–H groups in total. The van der Waals surface area contributed by atoms with Gasteiger partial charge in [0.1, 0.15) is 0 Å². The Hall–Kier alpha value is -1.23. The molecule has 0 atom stereocenters. The maximum absolute atomic E-state index is 8.82. The van der Waals surface area contributed by atoms with E-state index in [1.165, 1.54) is 19.3 Å². The Morgan fingerprint density at radius 2 is 2.24 bits per heavy atom. The molecule has 0 radical (unpaired) electrons. The van der Waals surface area contributed by atoms with Crippen molar-refractivity contribution in [1.82, 2.24) is 0 Å². The third-order valence-electron chi connectivity index (χ3n) is 3.34. The maximum atomic E-state index is 8.82. The first kappa shape index (κ1) is 12.2. The first-order valence-electron chi connectivity index (χ1n) is 5.63. The van der Waals surface area contributed by atoms with Gasteiger partial charge in [-0.1, -0.05) is 21.1 Å². The summed E-state index contributed by atoms with van der Waals surface area (Å²) in [4.78, 5) is 2.21. The lowest BCUT2D eigenvalue weighted by Crippen LogP contribution is -2.38. The zero-order valence-electron chi connectivity index (χ0n) is 9.73. The van der Waals surface area contributed by atoms with E-state index in [1.807, 2.05) is 18.2 Å². The predicted molar refractivity (Wildman–Crippen MR) is 72.7 cm³/mol. The SMILES string of the molecule is CN(c1ccc(Br)cc1/C(N)=N/O)C1CCC1. The van der Waals surface area contributed by atoms with Crippen molar-refractivity contribution >= 4 is 27.5 Å². The molecule has 1 aliphatic rings. The highest BCUT2D eigenvalue weighted by Crippen LogP contribution is 2.31. The van der Waals surface area contributed by atoms with Crippen molar-refractivity contribution in [2.75, 3.05) is 11.9 Å². The number of halogens is 1. The van der Waals surface area contributed by atoms with Crippen molar-refractivity contribution in [1.29, 1.82) is 0 Å². The Bertz CT molecular complexity index is 443. The minimum absolute atomic E-state index is 0.146. The molecule has 1 saturated carbocycles. The zero-order valence-corrected chi connectivity index (χ0v) is 11.3. The molecule has 4 nitrogen and oxygen atoms in total. The number of hydrogen-bond acceptors (Lipinski definition) is 3. The van der Waals surface area contributed by atoms with Crippen LogP contribution in [0.1, 0.15) is 24.8 Å². The van der Waals surface area contributed by atoms with Crippen molar-refractivity contribution in [3.63, 3.8) is 0 Å². The highest BCUT2D eigenvalue weighted by Gasteiger charge is 2.24. The van der Waals surface area contributed by atoms with Gasteiger partial charge < -0.3 is 15.8 Å². The Morgan fingerprint density at radius 1 is 1.53 bits per heavy atom. The molecule has 0 saturated heterocycles. The number of benzene rings is 1. The molecule has 0 heterocycles. The molecule has 2 rings (SSSR count). The van der Waals surface area contributed by atoms with Crippen LogP contribution in [-0.4, -0.2) is 24.1 Å². The van der Waals surface area contributed by atoms with E-state index in [9.17, 15) is 0 Å². The predicted octanol–water partition coefficient (Wildman–Crippen LogP) is 2.53. The quantitative estimate of drug-likeness (QED) is 0.390. The molecule has 0 unspecified atom stereocenters. The monoisotopic (exact) mass is 297 g/mol. The van der Waals surface area contributed by atoms with E-state index in [0.717, 1.165) is 15.7 Å². The summed E-state index contributed by atoms with van der Waals surface area (Å²) >= 11 is 3.40. The van der Waals surface area contributed by atoms with Crippen LogP contribution in [0.5, 0.6) is 0 Å². The molecular weight excluding hydrogens is 282 g/mol. The summed E-state index contributed by atoms with van der Waals surface area (Å²) in [5.41, 5.74) is 7.48. The van der Waals surface area contributed by atoms with Gasteiger partial charge in [-0.3, -0.25) is 0 Å². The van der Waals surface area contributed by atoms with E-state index in [2.05, 4.69) is 33.0 Å². The first-order valence-corrected chi connectivity index (χ1v) is 6.43. The van der Waals surface area contributed by atoms with Crippen LogP contribution >= 0.6 is 15.9 Å². The molecule has 1 aromatic carbocycles. The lowest BCUT2D eigenvalue weighted by molar-refractivity contribution is 0.318. The number of hydrogen-bond donors (Lipinski definition) is 2. The van der Waals surface area contributed by atoms with E-state index < -0.39 is 0 Å². The van der Waals surface area contributed by atoms with Gasteiger partial charge in [-0.2, -0.15) is 0 Å². The summed E-state index contributed by atoms with van der Waals surface area (Å²) in [7, 11) is 2.06. The number of rotatable bonds is 3. The number of anilines is 1. The van der Waals surface area contributed by atoms with Crippen LogP contribution in [0.25, 0.3) is 0 Å². The minimum Gasteiger partial charge on any atom is -0.409 e. The minimum atomic E-state index is 0.146. The van der Waals surface area contributed by atoms with Gasteiger partial charge in [0.2, 0.25) is 0 Å². The number of oxime groups is 1. The summed E-state index contributed by atoms with van der Waals surface area (Å²) < 4.78 is 0.921. The number of nitrogens with two attached hydrogens (primary N) is 1. The highest BCUT2D eigenvalue weighted by molar-refractivity contribution is 9.10. The topological polar surface area (TPSA) is 61.8 Å². The van der Waals surface area contributed by atoms with Gasteiger partial charge in [-0.25, -0.2) is 0 Å². The van der Waals surface area contributed by atoms with Gasteiger partial charge >= 0.3 is 0 Å². The lowest BCUT2D eigenvalue weighted by atomic mass is 9.91. The van der Waals surface area contributed by atoms with Gasteiger partial charge in [0, 0.05) is 28.8 Å². The van der Waals surface area contributed by atoms with Crippen molar-refractivity contribution < 1.29 is 5.21 Å². The van der Waals surface area contributed by atoms with Crippen molar-refractivity contribution in [3.8, 4) is 0 Å². The van der Waals surface area contributed by atoms with Gasteiger partial charge in [-0.15, -0.1) is 0 Å². The molecule has 5 heteroatoms. The third kappa shape index (κ3) is 2.39. The van der Waals surface area contributed by atoms with Crippen LogP contribution in [0, 0.1) is 0 Å². The second-order valence-electron chi connectivity index (χ2n) is 4.34. The molecule has 0 amide bonds. The van der Waals surface area contributed by atoms with E-state index >= 15 is 0 Å². The number of amidine groups is 1. The van der Waals surface area contributed by atoms with Gasteiger partial charge in [0.05, 0.1) is 0 Å². The smallest absolute Gasteiger partial charge is 0.172 e. The summed E-state index contributed by atoms with van der Waals surface area (Å²) in [6, 6.07) is 6.41. The summed E-state index contributed by atoms with van der Waals surface area (Å²) in [6.07, 6.45) is 3.70. The van der Waals surface area contributed by atoms with Gasteiger partial charge in [0.25, 0.3) is 0 Å². The fourth-order valence-electron chi connectivity index (χ4n) is 2.05. The average molecular weight is 298 g/mol. The Balaban J connectivity index is 2.37. The highest BCUT2D eigenvalue weighted by atomic mass is 79.9. The van der Waals surface area contributed by atoms with Crippen molar-refractivity contribution in [3.05, 3.63) is 28.2 Å². The molecule has 0 aromatic heterocycles. The van der Waals surface area contributed by atoms with Crippen LogP contribution in [0.4, 0.5) is 5.69 Å². The summed E-state index contributed by atoms with van der Waals surface area (Å²) in [5, 5.41) is 11.9. The van der Waals surface area contributed by atoms with Crippen LogP contribution in [-0.2, 0) is 0 Å².